The smallest absolute Gasteiger partial charge is 0.407 e. The molecule has 1 N–H and O–H groups in total. The van der Waals surface area contributed by atoms with E-state index in [1.165, 1.54) is 36.7 Å². The van der Waals surface area contributed by atoms with Gasteiger partial charge in [0.05, 0.1) is 27.8 Å². The zero-order valence-corrected chi connectivity index (χ0v) is 19.2. The van der Waals surface area contributed by atoms with E-state index in [1.807, 2.05) is 20.8 Å². The Balaban J connectivity index is 2.16. The van der Waals surface area contributed by atoms with Crippen LogP contribution in [0.4, 0.5) is 9.18 Å². The highest BCUT2D eigenvalue weighted by Crippen LogP contribution is 2.29. The fourth-order valence-electron chi connectivity index (χ4n) is 3.09. The molecule has 170 valence electrons. The third-order valence-electron chi connectivity index (χ3n) is 4.37. The lowest BCUT2D eigenvalue weighted by molar-refractivity contribution is 0.122. The van der Waals surface area contributed by atoms with E-state index >= 15 is 0 Å². The highest BCUT2D eigenvalue weighted by molar-refractivity contribution is 7.91. The third kappa shape index (κ3) is 5.25. The maximum atomic E-state index is 13.9. The molecular formula is C21H22ClFN4O4S. The summed E-state index contributed by atoms with van der Waals surface area (Å²) in [4.78, 5) is 16.6. The molecule has 2 aromatic heterocycles. The predicted octanol–water partition coefficient (Wildman–Crippen LogP) is 4.42. The Morgan fingerprint density at radius 3 is 2.56 bits per heavy atom. The molecule has 0 unspecified atom stereocenters. The predicted molar refractivity (Wildman–Crippen MR) is 116 cm³/mol. The van der Waals surface area contributed by atoms with Gasteiger partial charge in [-0.05, 0) is 29.7 Å². The molecule has 0 aliphatic heterocycles. The maximum Gasteiger partial charge on any atom is 0.407 e. The first kappa shape index (κ1) is 23.7. The zero-order valence-electron chi connectivity index (χ0n) is 17.7. The van der Waals surface area contributed by atoms with Crippen LogP contribution in [0.1, 0.15) is 26.5 Å². The molecule has 2 heterocycles. The second-order valence-electron chi connectivity index (χ2n) is 8.37. The molecule has 0 saturated heterocycles. The van der Waals surface area contributed by atoms with Gasteiger partial charge in [-0.25, -0.2) is 22.3 Å². The molecular weight excluding hydrogens is 459 g/mol. The minimum absolute atomic E-state index is 0.0121. The van der Waals surface area contributed by atoms with Crippen molar-refractivity contribution in [2.24, 2.45) is 5.41 Å². The van der Waals surface area contributed by atoms with Crippen molar-refractivity contribution in [2.45, 2.75) is 37.2 Å². The van der Waals surface area contributed by atoms with E-state index in [-0.39, 0.29) is 44.8 Å². The van der Waals surface area contributed by atoms with Crippen LogP contribution in [-0.4, -0.2) is 45.8 Å². The van der Waals surface area contributed by atoms with Gasteiger partial charge in [-0.3, -0.25) is 4.98 Å². The van der Waals surface area contributed by atoms with Crippen molar-refractivity contribution in [2.75, 3.05) is 6.54 Å². The van der Waals surface area contributed by atoms with E-state index in [1.54, 1.807) is 0 Å². The molecule has 32 heavy (non-hydrogen) atoms. The van der Waals surface area contributed by atoms with Crippen LogP contribution >= 0.6 is 11.6 Å². The molecule has 0 radical (unpaired) electrons. The number of benzene rings is 1. The van der Waals surface area contributed by atoms with Crippen molar-refractivity contribution in [1.29, 1.82) is 0 Å². The monoisotopic (exact) mass is 480 g/mol. The zero-order chi connectivity index (χ0) is 23.7. The largest absolute Gasteiger partial charge is 0.465 e. The second kappa shape index (κ2) is 8.87. The number of hydrogen-bond donors (Lipinski definition) is 1. The third-order valence-corrected chi connectivity index (χ3v) is 6.40. The molecule has 0 bridgehead atoms. The standard InChI is InChI=1S/C21H22ClFN4O4S/c1-21(2,3)13-26(20(28)29)12-15-10-19(32(30,31)16-5-4-8-24-11-16)27(25-15)18-9-14(23)6-7-17(18)22/h4-11H,12-13H2,1-3H3,(H,28,29). The lowest BCUT2D eigenvalue weighted by Gasteiger charge is -2.27. The van der Waals surface area contributed by atoms with Gasteiger partial charge in [-0.15, -0.1) is 0 Å². The van der Waals surface area contributed by atoms with Gasteiger partial charge in [0.1, 0.15) is 5.82 Å². The average Bonchev–Trinajstić information content (AvgIpc) is 3.13. The number of aromatic nitrogens is 3. The molecule has 0 saturated carbocycles. The van der Waals surface area contributed by atoms with Crippen molar-refractivity contribution in [3.8, 4) is 5.69 Å². The van der Waals surface area contributed by atoms with Gasteiger partial charge in [0.15, 0.2) is 5.03 Å². The molecule has 0 atom stereocenters. The van der Waals surface area contributed by atoms with E-state index in [9.17, 15) is 22.7 Å². The highest BCUT2D eigenvalue weighted by Gasteiger charge is 2.28. The van der Waals surface area contributed by atoms with Crippen LogP contribution in [0.15, 0.2) is 58.7 Å². The van der Waals surface area contributed by atoms with Gasteiger partial charge in [0, 0.05) is 31.1 Å². The number of amides is 1. The summed E-state index contributed by atoms with van der Waals surface area (Å²) in [5.41, 5.74) is -0.158. The first-order valence-electron chi connectivity index (χ1n) is 9.56. The minimum Gasteiger partial charge on any atom is -0.465 e. The van der Waals surface area contributed by atoms with Gasteiger partial charge < -0.3 is 10.0 Å². The molecule has 0 fully saturated rings. The Morgan fingerprint density at radius 1 is 1.25 bits per heavy atom. The summed E-state index contributed by atoms with van der Waals surface area (Å²) in [6.45, 7) is 5.67. The molecule has 3 aromatic rings. The van der Waals surface area contributed by atoms with Crippen LogP contribution < -0.4 is 0 Å². The maximum absolute atomic E-state index is 13.9. The number of rotatable bonds is 6. The van der Waals surface area contributed by atoms with E-state index in [0.29, 0.717) is 0 Å². The van der Waals surface area contributed by atoms with E-state index in [2.05, 4.69) is 10.1 Å². The molecule has 1 amide bonds. The van der Waals surface area contributed by atoms with Crippen molar-refractivity contribution in [1.82, 2.24) is 19.7 Å². The average molecular weight is 481 g/mol. The van der Waals surface area contributed by atoms with E-state index < -0.39 is 21.7 Å². The first-order valence-corrected chi connectivity index (χ1v) is 11.4. The van der Waals surface area contributed by atoms with Crippen molar-refractivity contribution in [3.63, 3.8) is 0 Å². The Morgan fingerprint density at radius 2 is 1.97 bits per heavy atom. The molecule has 1 aromatic carbocycles. The van der Waals surface area contributed by atoms with Gasteiger partial charge in [-0.1, -0.05) is 32.4 Å². The minimum atomic E-state index is -4.13. The van der Waals surface area contributed by atoms with Gasteiger partial charge in [0.2, 0.25) is 9.84 Å². The van der Waals surface area contributed by atoms with Crippen LogP contribution in [0.5, 0.6) is 0 Å². The summed E-state index contributed by atoms with van der Waals surface area (Å²) in [5.74, 6) is -0.633. The molecule has 8 nitrogen and oxygen atoms in total. The van der Waals surface area contributed by atoms with E-state index in [4.69, 9.17) is 11.6 Å². The number of carbonyl (C=O) groups is 1. The first-order chi connectivity index (χ1) is 14.9. The molecule has 11 heteroatoms. The topological polar surface area (TPSA) is 105 Å². The van der Waals surface area contributed by atoms with Gasteiger partial charge >= 0.3 is 6.09 Å². The second-order valence-corrected chi connectivity index (χ2v) is 10.7. The van der Waals surface area contributed by atoms with E-state index in [0.717, 1.165) is 21.7 Å². The lowest BCUT2D eigenvalue weighted by atomic mass is 9.96. The summed E-state index contributed by atoms with van der Waals surface area (Å²) >= 11 is 6.21. The Labute approximate surface area is 190 Å². The summed E-state index contributed by atoms with van der Waals surface area (Å²) < 4.78 is 41.6. The fourth-order valence-corrected chi connectivity index (χ4v) is 4.64. The van der Waals surface area contributed by atoms with Gasteiger partial charge in [0.25, 0.3) is 0 Å². The van der Waals surface area contributed by atoms with Crippen LogP contribution in [-0.2, 0) is 16.4 Å². The Bertz CT molecular complexity index is 1240. The number of hydrogen-bond acceptors (Lipinski definition) is 5. The molecule has 0 aliphatic rings. The Hall–Kier alpha value is -2.98. The van der Waals surface area contributed by atoms with Crippen LogP contribution in [0.3, 0.4) is 0 Å². The van der Waals surface area contributed by atoms with Crippen LogP contribution in [0.25, 0.3) is 5.69 Å². The van der Waals surface area contributed by atoms with Gasteiger partial charge in [-0.2, -0.15) is 5.10 Å². The molecule has 3 rings (SSSR count). The molecule has 0 spiro atoms. The molecule has 0 aliphatic carbocycles. The SMILES string of the molecule is CC(C)(C)CN(Cc1cc(S(=O)(=O)c2cccnc2)n(-c2cc(F)ccc2Cl)n1)C(=O)O. The van der Waals surface area contributed by atoms with Crippen molar-refractivity contribution >= 4 is 27.5 Å². The number of nitrogens with zero attached hydrogens (tertiary/aromatic N) is 4. The fraction of sp³-hybridized carbons (Fsp3) is 0.286. The summed E-state index contributed by atoms with van der Waals surface area (Å²) in [6, 6.07) is 7.60. The van der Waals surface area contributed by atoms with Crippen LogP contribution in [0, 0.1) is 11.2 Å². The van der Waals surface area contributed by atoms with Crippen LogP contribution in [0.2, 0.25) is 5.02 Å². The quantitative estimate of drug-likeness (QED) is 0.560. The summed E-state index contributed by atoms with van der Waals surface area (Å²) in [6.07, 6.45) is 1.44. The summed E-state index contributed by atoms with van der Waals surface area (Å²) in [5, 5.41) is 13.7. The highest BCUT2D eigenvalue weighted by atomic mass is 35.5. The summed E-state index contributed by atoms with van der Waals surface area (Å²) in [7, 11) is -4.13. The van der Waals surface area contributed by atoms with Crippen molar-refractivity contribution in [3.05, 3.63) is 65.3 Å². The normalized spacial score (nSPS) is 12.0. The number of sulfone groups is 1. The number of pyridine rings is 1. The van der Waals surface area contributed by atoms with Crippen molar-refractivity contribution < 1.29 is 22.7 Å². The lowest BCUT2D eigenvalue weighted by Crippen LogP contribution is -2.36. The Kier molecular flexibility index (Phi) is 6.56. The number of carboxylic acid groups (broad SMARTS) is 1. The number of halogens is 2.